The van der Waals surface area contributed by atoms with Gasteiger partial charge in [0.25, 0.3) is 5.91 Å². The molecule has 0 aromatic heterocycles. The average Bonchev–Trinajstić information content (AvgIpc) is 2.82. The monoisotopic (exact) mass is 491 g/mol. The van der Waals surface area contributed by atoms with Crippen LogP contribution in [0.25, 0.3) is 0 Å². The molecular formula is C24H30FN3O5S. The predicted octanol–water partition coefficient (Wildman–Crippen LogP) is 3.40. The van der Waals surface area contributed by atoms with Crippen LogP contribution in [-0.4, -0.2) is 50.8 Å². The Morgan fingerprint density at radius 1 is 1.06 bits per heavy atom. The summed E-state index contributed by atoms with van der Waals surface area (Å²) in [5.74, 6) is -2.09. The zero-order valence-electron chi connectivity index (χ0n) is 19.5. The number of methoxy groups -OCH3 is 1. The van der Waals surface area contributed by atoms with Gasteiger partial charge in [0.05, 0.1) is 12.7 Å². The second-order valence-electron chi connectivity index (χ2n) is 8.49. The van der Waals surface area contributed by atoms with Gasteiger partial charge < -0.3 is 15.4 Å². The van der Waals surface area contributed by atoms with Gasteiger partial charge in [-0.05, 0) is 49.1 Å². The van der Waals surface area contributed by atoms with Gasteiger partial charge in [-0.3, -0.25) is 9.59 Å². The van der Waals surface area contributed by atoms with Crippen LogP contribution in [0.3, 0.4) is 0 Å². The molecule has 8 nitrogen and oxygen atoms in total. The molecule has 0 radical (unpaired) electrons. The molecule has 0 spiro atoms. The summed E-state index contributed by atoms with van der Waals surface area (Å²) in [5, 5.41) is 5.25. The molecule has 2 amide bonds. The van der Waals surface area contributed by atoms with Gasteiger partial charge in [-0.2, -0.15) is 4.31 Å². The van der Waals surface area contributed by atoms with Gasteiger partial charge in [0.15, 0.2) is 0 Å². The maximum Gasteiger partial charge on any atom is 0.254 e. The van der Waals surface area contributed by atoms with Crippen LogP contribution in [0.5, 0.6) is 5.75 Å². The molecule has 0 aliphatic carbocycles. The molecule has 3 rings (SSSR count). The number of piperidine rings is 1. The molecular weight excluding hydrogens is 461 g/mol. The summed E-state index contributed by atoms with van der Waals surface area (Å²) in [4.78, 5) is 25.5. The Kier molecular flexibility index (Phi) is 8.27. The first-order valence-corrected chi connectivity index (χ1v) is 12.6. The lowest BCUT2D eigenvalue weighted by Gasteiger charge is -2.27. The van der Waals surface area contributed by atoms with Crippen molar-refractivity contribution in [1.82, 2.24) is 9.62 Å². The van der Waals surface area contributed by atoms with Gasteiger partial charge in [-0.1, -0.05) is 32.4 Å². The van der Waals surface area contributed by atoms with Crippen molar-refractivity contribution >= 4 is 27.5 Å². The number of ether oxygens (including phenoxy) is 1. The molecule has 2 N–H and O–H groups in total. The smallest absolute Gasteiger partial charge is 0.254 e. The molecule has 0 unspecified atom stereocenters. The Balaban J connectivity index is 1.83. The van der Waals surface area contributed by atoms with Crippen LogP contribution in [0.2, 0.25) is 0 Å². The molecule has 1 aliphatic rings. The van der Waals surface area contributed by atoms with E-state index < -0.39 is 33.7 Å². The molecule has 1 heterocycles. The van der Waals surface area contributed by atoms with E-state index in [9.17, 15) is 22.4 Å². The first kappa shape index (κ1) is 25.6. The lowest BCUT2D eigenvalue weighted by atomic mass is 10.0. The highest BCUT2D eigenvalue weighted by atomic mass is 32.2. The number of carbonyl (C=O) groups excluding carboxylic acids is 2. The highest BCUT2D eigenvalue weighted by Gasteiger charge is 2.30. The molecule has 2 aromatic rings. The minimum atomic E-state index is -3.81. The highest BCUT2D eigenvalue weighted by molar-refractivity contribution is 7.89. The van der Waals surface area contributed by atoms with E-state index in [0.717, 1.165) is 19.3 Å². The fourth-order valence-corrected chi connectivity index (χ4v) is 5.52. The van der Waals surface area contributed by atoms with Crippen LogP contribution in [0.4, 0.5) is 10.1 Å². The van der Waals surface area contributed by atoms with Crippen molar-refractivity contribution in [2.75, 3.05) is 25.5 Å². The fourth-order valence-electron chi connectivity index (χ4n) is 3.82. The third kappa shape index (κ3) is 5.74. The molecule has 1 saturated heterocycles. The van der Waals surface area contributed by atoms with Gasteiger partial charge >= 0.3 is 0 Å². The molecule has 0 saturated carbocycles. The van der Waals surface area contributed by atoms with Gasteiger partial charge in [0, 0.05) is 18.8 Å². The van der Waals surface area contributed by atoms with Gasteiger partial charge in [-0.25, -0.2) is 12.8 Å². The van der Waals surface area contributed by atoms with Crippen molar-refractivity contribution in [1.29, 1.82) is 0 Å². The summed E-state index contributed by atoms with van der Waals surface area (Å²) in [6, 6.07) is 8.90. The standard InChI is InChI=1S/C24H30FN3O5S/c1-16(2)22(27-23(29)18-9-5-6-10-19(18)25)24(30)26-17-11-12-20(33-3)21(15-17)34(31,32)28-13-7-4-8-14-28/h5-6,9-12,15-16,22H,4,7-8,13-14H2,1-3H3,(H,26,30)(H,27,29)/t22-/m0/s1. The summed E-state index contributed by atoms with van der Waals surface area (Å²) < 4.78 is 47.1. The van der Waals surface area contributed by atoms with Crippen molar-refractivity contribution in [2.45, 2.75) is 44.0 Å². The lowest BCUT2D eigenvalue weighted by Crippen LogP contribution is -2.47. The van der Waals surface area contributed by atoms with Crippen molar-refractivity contribution in [3.63, 3.8) is 0 Å². The third-order valence-corrected chi connectivity index (χ3v) is 7.64. The summed E-state index contributed by atoms with van der Waals surface area (Å²) >= 11 is 0. The predicted molar refractivity (Wildman–Crippen MR) is 127 cm³/mol. The van der Waals surface area contributed by atoms with Crippen molar-refractivity contribution in [2.24, 2.45) is 5.92 Å². The number of hydrogen-bond acceptors (Lipinski definition) is 5. The second kappa shape index (κ2) is 11.0. The molecule has 1 fully saturated rings. The number of hydrogen-bond donors (Lipinski definition) is 2. The Hall–Kier alpha value is -2.98. The summed E-state index contributed by atoms with van der Waals surface area (Å²) in [5.41, 5.74) is 0.0764. The minimum Gasteiger partial charge on any atom is -0.495 e. The van der Waals surface area contributed by atoms with E-state index in [4.69, 9.17) is 4.74 Å². The van der Waals surface area contributed by atoms with Crippen LogP contribution >= 0.6 is 0 Å². The SMILES string of the molecule is COc1ccc(NC(=O)[C@@H](NC(=O)c2ccccc2F)C(C)C)cc1S(=O)(=O)N1CCCCC1. The normalized spacial score (nSPS) is 15.6. The number of halogens is 1. The Labute approximate surface area is 199 Å². The molecule has 34 heavy (non-hydrogen) atoms. The lowest BCUT2D eigenvalue weighted by molar-refractivity contribution is -0.118. The highest BCUT2D eigenvalue weighted by Crippen LogP contribution is 2.31. The van der Waals surface area contributed by atoms with Crippen LogP contribution in [0.15, 0.2) is 47.4 Å². The van der Waals surface area contributed by atoms with Gasteiger partial charge in [0.1, 0.15) is 22.5 Å². The maximum absolute atomic E-state index is 14.0. The zero-order valence-corrected chi connectivity index (χ0v) is 20.3. The number of amides is 2. The summed E-state index contributed by atoms with van der Waals surface area (Å²) in [7, 11) is -2.43. The molecule has 1 aliphatic heterocycles. The Bertz CT molecular complexity index is 1150. The van der Waals surface area contributed by atoms with Crippen LogP contribution < -0.4 is 15.4 Å². The minimum absolute atomic E-state index is 0.0359. The largest absolute Gasteiger partial charge is 0.495 e. The topological polar surface area (TPSA) is 105 Å². The van der Waals surface area contributed by atoms with E-state index in [2.05, 4.69) is 10.6 Å². The quantitative estimate of drug-likeness (QED) is 0.589. The molecule has 10 heteroatoms. The molecule has 184 valence electrons. The summed E-state index contributed by atoms with van der Waals surface area (Å²) in [6.07, 6.45) is 2.56. The first-order valence-electron chi connectivity index (χ1n) is 11.2. The first-order chi connectivity index (χ1) is 16.1. The number of sulfonamides is 1. The number of benzene rings is 2. The van der Waals surface area contributed by atoms with E-state index in [1.807, 2.05) is 0 Å². The van der Waals surface area contributed by atoms with Gasteiger partial charge in [0.2, 0.25) is 15.9 Å². The molecule has 1 atom stereocenters. The fraction of sp³-hybridized carbons (Fsp3) is 0.417. The van der Waals surface area contributed by atoms with Crippen molar-refractivity contribution < 1.29 is 27.1 Å². The Morgan fingerprint density at radius 2 is 1.74 bits per heavy atom. The molecule has 2 aromatic carbocycles. The van der Waals surface area contributed by atoms with Crippen LogP contribution in [0, 0.1) is 11.7 Å². The average molecular weight is 492 g/mol. The number of anilines is 1. The van der Waals surface area contributed by atoms with Crippen molar-refractivity contribution in [3.8, 4) is 5.75 Å². The third-order valence-electron chi connectivity index (χ3n) is 5.72. The van der Waals surface area contributed by atoms with Gasteiger partial charge in [-0.15, -0.1) is 0 Å². The zero-order chi connectivity index (χ0) is 24.9. The number of nitrogens with one attached hydrogen (secondary N) is 2. The number of nitrogens with zero attached hydrogens (tertiary/aromatic N) is 1. The Morgan fingerprint density at radius 3 is 2.35 bits per heavy atom. The summed E-state index contributed by atoms with van der Waals surface area (Å²) in [6.45, 7) is 4.34. The van der Waals surface area contributed by atoms with E-state index in [1.165, 1.54) is 53.9 Å². The number of rotatable bonds is 8. The maximum atomic E-state index is 14.0. The van der Waals surface area contributed by atoms with Crippen LogP contribution in [0.1, 0.15) is 43.5 Å². The van der Waals surface area contributed by atoms with E-state index in [0.29, 0.717) is 13.1 Å². The van der Waals surface area contributed by atoms with E-state index in [-0.39, 0.29) is 27.8 Å². The second-order valence-corrected chi connectivity index (χ2v) is 10.4. The van der Waals surface area contributed by atoms with Crippen LogP contribution in [-0.2, 0) is 14.8 Å². The van der Waals surface area contributed by atoms with E-state index >= 15 is 0 Å². The number of carbonyl (C=O) groups is 2. The van der Waals surface area contributed by atoms with Crippen molar-refractivity contribution in [3.05, 3.63) is 53.8 Å². The molecule has 0 bridgehead atoms. The van der Waals surface area contributed by atoms with E-state index in [1.54, 1.807) is 13.8 Å².